The van der Waals surface area contributed by atoms with Crippen LogP contribution in [-0.2, 0) is 4.74 Å². The molecule has 2 aromatic rings. The third kappa shape index (κ3) is 3.86. The summed E-state index contributed by atoms with van der Waals surface area (Å²) in [7, 11) is 0. The SMILES string of the molecule is Cc1cc(-c2cccc3c2OCCN3C(=O)OC(C)(C)C)c(C(=O)O)cn1. The molecule has 0 unspecified atom stereocenters. The van der Waals surface area contributed by atoms with Crippen LogP contribution in [0.2, 0.25) is 0 Å². The summed E-state index contributed by atoms with van der Waals surface area (Å²) in [6.07, 6.45) is 0.870. The largest absolute Gasteiger partial charge is 0.489 e. The second-order valence-electron chi connectivity index (χ2n) is 7.31. The Hall–Kier alpha value is -3.09. The number of aromatic carboxylic acids is 1. The van der Waals surface area contributed by atoms with Crippen LogP contribution in [0.25, 0.3) is 11.1 Å². The first-order valence-corrected chi connectivity index (χ1v) is 8.64. The molecule has 0 radical (unpaired) electrons. The standard InChI is InChI=1S/C20H22N2O5/c1-12-10-14(15(11-21-12)18(23)24)13-6-5-7-16-17(13)26-9-8-22(16)19(25)27-20(2,3)4/h5-7,10-11H,8-9H2,1-4H3,(H,23,24). The summed E-state index contributed by atoms with van der Waals surface area (Å²) in [6, 6.07) is 7.01. The lowest BCUT2D eigenvalue weighted by molar-refractivity contribution is 0.0567. The van der Waals surface area contributed by atoms with Crippen LogP contribution in [-0.4, -0.2) is 40.9 Å². The number of aromatic nitrogens is 1. The number of para-hydroxylation sites is 1. The number of carbonyl (C=O) groups excluding carboxylic acids is 1. The van der Waals surface area contributed by atoms with Gasteiger partial charge in [0.25, 0.3) is 0 Å². The van der Waals surface area contributed by atoms with E-state index in [0.717, 1.165) is 0 Å². The van der Waals surface area contributed by atoms with Crippen LogP contribution in [0.4, 0.5) is 10.5 Å². The highest BCUT2D eigenvalue weighted by Crippen LogP contribution is 2.42. The number of hydrogen-bond donors (Lipinski definition) is 1. The van der Waals surface area contributed by atoms with E-state index < -0.39 is 17.7 Å². The second kappa shape index (κ2) is 6.90. The summed E-state index contributed by atoms with van der Waals surface area (Å²) in [5.41, 5.74) is 1.80. The van der Waals surface area contributed by atoms with E-state index in [9.17, 15) is 14.7 Å². The fourth-order valence-corrected chi connectivity index (χ4v) is 2.92. The maximum atomic E-state index is 12.6. The average molecular weight is 370 g/mol. The Labute approximate surface area is 157 Å². The fraction of sp³-hybridized carbons (Fsp3) is 0.350. The number of ether oxygens (including phenoxy) is 2. The van der Waals surface area contributed by atoms with Gasteiger partial charge in [0.05, 0.1) is 17.8 Å². The number of carboxylic acid groups (broad SMARTS) is 1. The van der Waals surface area contributed by atoms with E-state index in [1.807, 2.05) is 20.8 Å². The van der Waals surface area contributed by atoms with Gasteiger partial charge in [0.1, 0.15) is 12.2 Å². The maximum absolute atomic E-state index is 12.6. The Kier molecular flexibility index (Phi) is 4.78. The molecular weight excluding hydrogens is 348 g/mol. The van der Waals surface area contributed by atoms with Crippen molar-refractivity contribution in [2.45, 2.75) is 33.3 Å². The summed E-state index contributed by atoms with van der Waals surface area (Å²) in [6.45, 7) is 7.85. The molecule has 0 saturated carbocycles. The molecule has 3 rings (SSSR count). The van der Waals surface area contributed by atoms with Crippen LogP contribution >= 0.6 is 0 Å². The minimum atomic E-state index is -1.07. The van der Waals surface area contributed by atoms with E-state index in [-0.39, 0.29) is 12.2 Å². The average Bonchev–Trinajstić information content (AvgIpc) is 2.58. The number of benzene rings is 1. The number of carboxylic acids is 1. The quantitative estimate of drug-likeness (QED) is 0.863. The second-order valence-corrected chi connectivity index (χ2v) is 7.31. The van der Waals surface area contributed by atoms with Crippen molar-refractivity contribution in [1.29, 1.82) is 0 Å². The Balaban J connectivity index is 2.10. The van der Waals surface area contributed by atoms with Gasteiger partial charge < -0.3 is 14.6 Å². The summed E-state index contributed by atoms with van der Waals surface area (Å²) in [4.78, 5) is 29.8. The molecule has 0 bridgehead atoms. The van der Waals surface area contributed by atoms with Crippen LogP contribution in [0.15, 0.2) is 30.5 Å². The van der Waals surface area contributed by atoms with Gasteiger partial charge in [0, 0.05) is 23.0 Å². The fourth-order valence-electron chi connectivity index (χ4n) is 2.92. The van der Waals surface area contributed by atoms with E-state index in [2.05, 4.69) is 4.98 Å². The van der Waals surface area contributed by atoms with Gasteiger partial charge in [-0.15, -0.1) is 0 Å². The van der Waals surface area contributed by atoms with Gasteiger partial charge in [0.2, 0.25) is 0 Å². The molecular formula is C20H22N2O5. The van der Waals surface area contributed by atoms with Crippen molar-refractivity contribution >= 4 is 17.7 Å². The molecule has 0 atom stereocenters. The van der Waals surface area contributed by atoms with Crippen LogP contribution in [0.1, 0.15) is 36.8 Å². The third-order valence-corrected chi connectivity index (χ3v) is 4.02. The molecule has 0 aliphatic carbocycles. The lowest BCUT2D eigenvalue weighted by Gasteiger charge is -2.32. The number of rotatable bonds is 2. The summed E-state index contributed by atoms with van der Waals surface area (Å²) >= 11 is 0. The van der Waals surface area contributed by atoms with E-state index >= 15 is 0 Å². The molecule has 0 saturated heterocycles. The highest BCUT2D eigenvalue weighted by molar-refractivity contribution is 5.99. The zero-order valence-corrected chi connectivity index (χ0v) is 15.8. The molecule has 27 heavy (non-hydrogen) atoms. The van der Waals surface area contributed by atoms with Crippen molar-refractivity contribution in [3.8, 4) is 16.9 Å². The molecule has 1 aliphatic heterocycles. The highest BCUT2D eigenvalue weighted by atomic mass is 16.6. The van der Waals surface area contributed by atoms with Crippen LogP contribution in [0.5, 0.6) is 5.75 Å². The number of carbonyl (C=O) groups is 2. The van der Waals surface area contributed by atoms with Gasteiger partial charge in [-0.05, 0) is 39.8 Å². The zero-order valence-electron chi connectivity index (χ0n) is 15.8. The number of amides is 1. The van der Waals surface area contributed by atoms with Crippen molar-refractivity contribution in [2.75, 3.05) is 18.1 Å². The van der Waals surface area contributed by atoms with Crippen molar-refractivity contribution in [3.63, 3.8) is 0 Å². The molecule has 1 amide bonds. The van der Waals surface area contributed by atoms with E-state index in [1.54, 1.807) is 31.2 Å². The predicted octanol–water partition coefficient (Wildman–Crippen LogP) is 3.89. The Morgan fingerprint density at radius 1 is 1.26 bits per heavy atom. The summed E-state index contributed by atoms with van der Waals surface area (Å²) < 4.78 is 11.3. The molecule has 1 aromatic carbocycles. The molecule has 0 fully saturated rings. The zero-order chi connectivity index (χ0) is 19.8. The van der Waals surface area contributed by atoms with Gasteiger partial charge in [-0.1, -0.05) is 12.1 Å². The summed E-state index contributed by atoms with van der Waals surface area (Å²) in [5, 5.41) is 9.52. The van der Waals surface area contributed by atoms with Crippen LogP contribution in [0.3, 0.4) is 0 Å². The van der Waals surface area contributed by atoms with E-state index in [0.29, 0.717) is 34.8 Å². The predicted molar refractivity (Wildman–Crippen MR) is 100 cm³/mol. The minimum Gasteiger partial charge on any atom is -0.489 e. The monoisotopic (exact) mass is 370 g/mol. The topological polar surface area (TPSA) is 89.0 Å². The molecule has 1 aliphatic rings. The number of nitrogens with zero attached hydrogens (tertiary/aromatic N) is 2. The van der Waals surface area contributed by atoms with E-state index in [4.69, 9.17) is 9.47 Å². The van der Waals surface area contributed by atoms with Gasteiger partial charge in [0.15, 0.2) is 5.75 Å². The first-order chi connectivity index (χ1) is 12.7. The van der Waals surface area contributed by atoms with Crippen molar-refractivity contribution in [1.82, 2.24) is 4.98 Å². The van der Waals surface area contributed by atoms with Crippen molar-refractivity contribution in [3.05, 3.63) is 41.7 Å². The lowest BCUT2D eigenvalue weighted by Crippen LogP contribution is -2.41. The highest BCUT2D eigenvalue weighted by Gasteiger charge is 2.30. The number of aryl methyl sites for hydroxylation is 1. The summed E-state index contributed by atoms with van der Waals surface area (Å²) in [5.74, 6) is -0.613. The number of pyridine rings is 1. The van der Waals surface area contributed by atoms with E-state index in [1.165, 1.54) is 11.1 Å². The molecule has 1 aromatic heterocycles. The van der Waals surface area contributed by atoms with Gasteiger partial charge in [-0.2, -0.15) is 0 Å². The molecule has 7 nitrogen and oxygen atoms in total. The normalized spacial score (nSPS) is 13.6. The van der Waals surface area contributed by atoms with Crippen molar-refractivity contribution < 1.29 is 24.2 Å². The molecule has 1 N–H and O–H groups in total. The van der Waals surface area contributed by atoms with Crippen LogP contribution < -0.4 is 9.64 Å². The number of anilines is 1. The molecule has 2 heterocycles. The third-order valence-electron chi connectivity index (χ3n) is 4.02. The number of hydrogen-bond acceptors (Lipinski definition) is 5. The van der Waals surface area contributed by atoms with Gasteiger partial charge in [-0.3, -0.25) is 9.88 Å². The van der Waals surface area contributed by atoms with Gasteiger partial charge in [-0.25, -0.2) is 9.59 Å². The Morgan fingerprint density at radius 3 is 2.67 bits per heavy atom. The molecule has 7 heteroatoms. The lowest BCUT2D eigenvalue weighted by atomic mass is 9.98. The van der Waals surface area contributed by atoms with Crippen LogP contribution in [0, 0.1) is 6.92 Å². The Bertz CT molecular complexity index is 902. The first kappa shape index (κ1) is 18.7. The number of fused-ring (bicyclic) bond motifs is 1. The van der Waals surface area contributed by atoms with Gasteiger partial charge >= 0.3 is 12.1 Å². The maximum Gasteiger partial charge on any atom is 0.415 e. The molecule has 142 valence electrons. The first-order valence-electron chi connectivity index (χ1n) is 8.64. The molecule has 0 spiro atoms. The van der Waals surface area contributed by atoms with Crippen molar-refractivity contribution in [2.24, 2.45) is 0 Å². The smallest absolute Gasteiger partial charge is 0.415 e. The minimum absolute atomic E-state index is 0.0759. The Morgan fingerprint density at radius 2 is 2.00 bits per heavy atom.